The maximum absolute atomic E-state index is 4.75. The Hall–Kier alpha value is -2.61. The molecule has 0 fully saturated rings. The molecule has 2 aromatic heterocycles. The summed E-state index contributed by atoms with van der Waals surface area (Å²) in [5, 5.41) is 2.54. The highest BCUT2D eigenvalue weighted by molar-refractivity contribution is 6.09. The van der Waals surface area contributed by atoms with Crippen molar-refractivity contribution in [3.05, 3.63) is 72.4 Å². The van der Waals surface area contributed by atoms with Crippen LogP contribution in [0.15, 0.2) is 66.9 Å². The first-order valence-electron chi connectivity index (χ1n) is 8.01. The molecule has 0 aliphatic rings. The summed E-state index contributed by atoms with van der Waals surface area (Å²) in [5.41, 5.74) is 3.77. The fourth-order valence-electron chi connectivity index (χ4n) is 3.13. The minimum absolute atomic E-state index is 0.117. The Morgan fingerprint density at radius 3 is 1.78 bits per heavy atom. The molecule has 2 nitrogen and oxygen atoms in total. The van der Waals surface area contributed by atoms with E-state index in [0.29, 0.717) is 0 Å². The molecular formula is C21H20N2. The predicted octanol–water partition coefficient (Wildman–Crippen LogP) is 5.48. The quantitative estimate of drug-likeness (QED) is 0.455. The number of pyridine rings is 1. The van der Waals surface area contributed by atoms with Crippen LogP contribution in [0.25, 0.3) is 27.6 Å². The molecule has 0 saturated heterocycles. The molecule has 2 heteroatoms. The minimum Gasteiger partial charge on any atom is -0.294 e. The zero-order chi connectivity index (χ0) is 16.0. The van der Waals surface area contributed by atoms with Crippen molar-refractivity contribution in [2.75, 3.05) is 0 Å². The van der Waals surface area contributed by atoms with Crippen LogP contribution in [-0.2, 0) is 5.41 Å². The minimum atomic E-state index is 0.117. The highest BCUT2D eigenvalue weighted by atomic mass is 15.1. The third-order valence-corrected chi connectivity index (χ3v) is 4.42. The zero-order valence-corrected chi connectivity index (χ0v) is 13.7. The van der Waals surface area contributed by atoms with Crippen molar-refractivity contribution in [3.63, 3.8) is 0 Å². The van der Waals surface area contributed by atoms with Crippen molar-refractivity contribution in [2.45, 2.75) is 26.2 Å². The molecular weight excluding hydrogens is 280 g/mol. The van der Waals surface area contributed by atoms with Crippen LogP contribution in [0.5, 0.6) is 0 Å². The van der Waals surface area contributed by atoms with E-state index < -0.39 is 0 Å². The molecule has 0 N–H and O–H groups in total. The number of hydrogen-bond acceptors (Lipinski definition) is 1. The molecule has 114 valence electrons. The van der Waals surface area contributed by atoms with Gasteiger partial charge in [0.15, 0.2) is 0 Å². The van der Waals surface area contributed by atoms with Crippen molar-refractivity contribution in [1.82, 2.24) is 9.55 Å². The van der Waals surface area contributed by atoms with Gasteiger partial charge in [-0.15, -0.1) is 0 Å². The van der Waals surface area contributed by atoms with Gasteiger partial charge in [0.1, 0.15) is 5.82 Å². The molecule has 4 aromatic rings. The van der Waals surface area contributed by atoms with Crippen LogP contribution in [0.1, 0.15) is 26.3 Å². The summed E-state index contributed by atoms with van der Waals surface area (Å²) in [4.78, 5) is 4.75. The van der Waals surface area contributed by atoms with Gasteiger partial charge < -0.3 is 0 Å². The fraction of sp³-hybridized carbons (Fsp3) is 0.190. The van der Waals surface area contributed by atoms with Crippen molar-refractivity contribution in [1.29, 1.82) is 0 Å². The monoisotopic (exact) mass is 300 g/mol. The number of hydrogen-bond donors (Lipinski definition) is 0. The van der Waals surface area contributed by atoms with Gasteiger partial charge in [0.05, 0.1) is 11.0 Å². The fourth-order valence-corrected chi connectivity index (χ4v) is 3.13. The normalized spacial score (nSPS) is 12.1. The van der Waals surface area contributed by atoms with Crippen molar-refractivity contribution >= 4 is 21.8 Å². The third kappa shape index (κ3) is 2.22. The van der Waals surface area contributed by atoms with E-state index in [1.165, 1.54) is 27.4 Å². The van der Waals surface area contributed by atoms with E-state index in [-0.39, 0.29) is 5.41 Å². The Balaban J connectivity index is 2.01. The van der Waals surface area contributed by atoms with Gasteiger partial charge in [0.2, 0.25) is 0 Å². The summed E-state index contributed by atoms with van der Waals surface area (Å²) in [6.07, 6.45) is 2.00. The van der Waals surface area contributed by atoms with Crippen LogP contribution in [0.2, 0.25) is 0 Å². The molecule has 2 heterocycles. The molecule has 0 spiro atoms. The van der Waals surface area contributed by atoms with E-state index >= 15 is 0 Å². The van der Waals surface area contributed by atoms with Crippen LogP contribution in [0.4, 0.5) is 0 Å². The van der Waals surface area contributed by atoms with E-state index in [1.54, 1.807) is 0 Å². The molecule has 0 aliphatic carbocycles. The van der Waals surface area contributed by atoms with E-state index in [0.717, 1.165) is 5.82 Å². The first kappa shape index (κ1) is 14.0. The zero-order valence-electron chi connectivity index (χ0n) is 13.7. The Kier molecular flexibility index (Phi) is 3.02. The predicted molar refractivity (Wildman–Crippen MR) is 97.3 cm³/mol. The summed E-state index contributed by atoms with van der Waals surface area (Å²) in [6.45, 7) is 6.64. The number of benzene rings is 2. The summed E-state index contributed by atoms with van der Waals surface area (Å²) in [7, 11) is 0. The average molecular weight is 300 g/mol. The second kappa shape index (κ2) is 4.95. The highest BCUT2D eigenvalue weighted by Crippen LogP contribution is 2.31. The molecule has 4 rings (SSSR count). The Bertz CT molecular complexity index is 933. The largest absolute Gasteiger partial charge is 0.294 e. The standard InChI is InChI=1S/C21H20N2/c1-21(2,3)15-12-13-20(22-14-15)23-18-10-6-4-8-16(18)17-9-5-7-11-19(17)23/h4-14H,1-3H3. The Morgan fingerprint density at radius 1 is 0.739 bits per heavy atom. The van der Waals surface area contributed by atoms with Crippen molar-refractivity contribution in [3.8, 4) is 5.82 Å². The van der Waals surface area contributed by atoms with Gasteiger partial charge in [-0.3, -0.25) is 4.57 Å². The van der Waals surface area contributed by atoms with Crippen molar-refractivity contribution < 1.29 is 0 Å². The SMILES string of the molecule is CC(C)(C)c1ccc(-n2c3ccccc3c3ccccc32)nc1. The van der Waals surface area contributed by atoms with E-state index in [2.05, 4.69) is 86.0 Å². The lowest BCUT2D eigenvalue weighted by Crippen LogP contribution is -2.11. The number of aromatic nitrogens is 2. The van der Waals surface area contributed by atoms with Gasteiger partial charge in [-0.1, -0.05) is 63.2 Å². The number of nitrogens with zero attached hydrogens (tertiary/aromatic N) is 2. The van der Waals surface area contributed by atoms with E-state index in [9.17, 15) is 0 Å². The maximum Gasteiger partial charge on any atom is 0.137 e. The van der Waals surface area contributed by atoms with E-state index in [4.69, 9.17) is 4.98 Å². The molecule has 0 unspecified atom stereocenters. The van der Waals surface area contributed by atoms with Gasteiger partial charge in [0, 0.05) is 17.0 Å². The second-order valence-electron chi connectivity index (χ2n) is 7.02. The molecule has 2 aromatic carbocycles. The lowest BCUT2D eigenvalue weighted by Gasteiger charge is -2.18. The van der Waals surface area contributed by atoms with Crippen molar-refractivity contribution in [2.24, 2.45) is 0 Å². The van der Waals surface area contributed by atoms with Gasteiger partial charge in [-0.25, -0.2) is 4.98 Å². The van der Waals surface area contributed by atoms with Crippen LogP contribution in [0.3, 0.4) is 0 Å². The lowest BCUT2D eigenvalue weighted by molar-refractivity contribution is 0.587. The van der Waals surface area contributed by atoms with Crippen LogP contribution in [-0.4, -0.2) is 9.55 Å². The highest BCUT2D eigenvalue weighted by Gasteiger charge is 2.16. The third-order valence-electron chi connectivity index (χ3n) is 4.42. The van der Waals surface area contributed by atoms with E-state index in [1.807, 2.05) is 6.20 Å². The summed E-state index contributed by atoms with van der Waals surface area (Å²) in [6, 6.07) is 21.3. The summed E-state index contributed by atoms with van der Waals surface area (Å²) < 4.78 is 2.25. The Labute approximate surface area is 136 Å². The molecule has 0 radical (unpaired) electrons. The van der Waals surface area contributed by atoms with Gasteiger partial charge in [-0.2, -0.15) is 0 Å². The number of para-hydroxylation sites is 2. The van der Waals surface area contributed by atoms with Gasteiger partial charge in [-0.05, 0) is 29.2 Å². The van der Waals surface area contributed by atoms with Crippen LogP contribution in [0, 0.1) is 0 Å². The van der Waals surface area contributed by atoms with Crippen LogP contribution < -0.4 is 0 Å². The first-order valence-corrected chi connectivity index (χ1v) is 8.01. The summed E-state index contributed by atoms with van der Waals surface area (Å²) in [5.74, 6) is 0.968. The smallest absolute Gasteiger partial charge is 0.137 e. The summed E-state index contributed by atoms with van der Waals surface area (Å²) >= 11 is 0. The lowest BCUT2D eigenvalue weighted by atomic mass is 9.88. The number of rotatable bonds is 1. The molecule has 0 aliphatic heterocycles. The van der Waals surface area contributed by atoms with Gasteiger partial charge in [0.25, 0.3) is 0 Å². The molecule has 0 amide bonds. The molecule has 0 bridgehead atoms. The number of fused-ring (bicyclic) bond motifs is 3. The van der Waals surface area contributed by atoms with Crippen LogP contribution >= 0.6 is 0 Å². The second-order valence-corrected chi connectivity index (χ2v) is 7.02. The topological polar surface area (TPSA) is 17.8 Å². The van der Waals surface area contributed by atoms with Gasteiger partial charge >= 0.3 is 0 Å². The average Bonchev–Trinajstić information content (AvgIpc) is 2.89. The molecule has 0 saturated carbocycles. The first-order chi connectivity index (χ1) is 11.1. The molecule has 0 atom stereocenters. The maximum atomic E-state index is 4.75. The Morgan fingerprint density at radius 2 is 1.30 bits per heavy atom. The molecule has 23 heavy (non-hydrogen) atoms.